The van der Waals surface area contributed by atoms with Crippen LogP contribution >= 0.6 is 22.7 Å². The van der Waals surface area contributed by atoms with Crippen LogP contribution in [0.3, 0.4) is 0 Å². The molecular formula is C103H90N20O21S2. The van der Waals surface area contributed by atoms with E-state index in [1.54, 1.807) is 49.4 Å². The summed E-state index contributed by atoms with van der Waals surface area (Å²) in [6.07, 6.45) is 7.22. The molecule has 0 saturated heterocycles. The number of hydrogen-bond donors (Lipinski definition) is 12. The Morgan fingerprint density at radius 1 is 0.315 bits per heavy atom. The lowest BCUT2D eigenvalue weighted by molar-refractivity contribution is -0.145. The van der Waals surface area contributed by atoms with E-state index >= 15 is 0 Å². The number of rotatable bonds is 30. The van der Waals surface area contributed by atoms with E-state index in [-0.39, 0.29) is 64.1 Å². The van der Waals surface area contributed by atoms with E-state index in [1.165, 1.54) is 68.5 Å². The zero-order valence-electron chi connectivity index (χ0n) is 79.1. The van der Waals surface area contributed by atoms with E-state index < -0.39 is 17.9 Å². The molecule has 20 rings (SSSR count). The second-order valence-corrected chi connectivity index (χ2v) is 33.3. The predicted molar refractivity (Wildman–Crippen MR) is 546 cm³/mol. The van der Waals surface area contributed by atoms with E-state index in [0.717, 1.165) is 59.8 Å². The Morgan fingerprint density at radius 2 is 0.644 bits per heavy atom. The van der Waals surface area contributed by atoms with Crippen molar-refractivity contribution in [2.24, 2.45) is 0 Å². The number of thiophene rings is 2. The van der Waals surface area contributed by atoms with Crippen molar-refractivity contribution in [3.63, 3.8) is 0 Å². The van der Waals surface area contributed by atoms with Gasteiger partial charge < -0.3 is 103 Å². The summed E-state index contributed by atoms with van der Waals surface area (Å²) in [7, 11) is 2.73. The van der Waals surface area contributed by atoms with Crippen LogP contribution in [0.2, 0.25) is 0 Å². The fourth-order valence-corrected chi connectivity index (χ4v) is 17.1. The summed E-state index contributed by atoms with van der Waals surface area (Å²) in [5.41, 5.74) is 13.3. The van der Waals surface area contributed by atoms with Crippen LogP contribution in [0.15, 0.2) is 244 Å². The largest absolute Gasteiger partial charge is 0.493 e. The zero-order valence-corrected chi connectivity index (χ0v) is 80.7. The Labute approximate surface area is 833 Å². The summed E-state index contributed by atoms with van der Waals surface area (Å²) in [6, 6.07) is 57.0. The van der Waals surface area contributed by atoms with Crippen molar-refractivity contribution >= 4 is 108 Å². The molecule has 0 aliphatic heterocycles. The lowest BCUT2D eigenvalue weighted by atomic mass is 9.96. The molecule has 0 bridgehead atoms. The monoisotopic (exact) mass is 2010 g/mol. The number of carboxylic acids is 2. The fourth-order valence-electron chi connectivity index (χ4n) is 15.4. The number of esters is 3. The molecule has 0 radical (unpaired) electrons. The minimum Gasteiger partial charge on any atom is -0.493 e. The van der Waals surface area contributed by atoms with Crippen LogP contribution in [0, 0.1) is 0 Å². The maximum Gasteiger partial charge on any atom is 0.348 e. The van der Waals surface area contributed by atoms with E-state index in [9.17, 15) is 53.1 Å². The van der Waals surface area contributed by atoms with Gasteiger partial charge in [-0.2, -0.15) is 0 Å². The Morgan fingerprint density at radius 3 is 0.986 bits per heavy atom. The first-order valence-electron chi connectivity index (χ1n) is 45.3. The van der Waals surface area contributed by atoms with Crippen LogP contribution in [-0.2, 0) is 41.4 Å². The smallest absolute Gasteiger partial charge is 0.348 e. The van der Waals surface area contributed by atoms with E-state index in [1.807, 2.05) is 180 Å². The van der Waals surface area contributed by atoms with Crippen molar-refractivity contribution < 1.29 is 76.8 Å². The molecule has 740 valence electrons. The van der Waals surface area contributed by atoms with E-state index in [0.29, 0.717) is 197 Å². The number of aromatic nitrogens is 20. The Kier molecular flexibility index (Phi) is 31.5. The SMILES string of the molecule is CCOC(=O)COc1cccc(-c2ccc(-c3nc4nc[nH]c4c(=O)[nH]3)c(OCC)c2)c1.CCOc1cc(-c2ccc(C(=O)O)s2)ccc1-c1nc2nc[nH]c2c(=O)[nH]1.CCOc1cc(-c2ccc(C(=O)OC)s2)ccc1-c1nc2nc[nH]c2c(=O)[nH]1.CCOc1cc(-c2ccccc2CC(=O)O)ccc1-c1nc2nc[nH]c2c(=O)[nH]1.CCOc1cc(-c2ccccc2CC(=O)OC)ccc1-c1nc2nc[nH]c2c(=O)[nH]1. The number of aliphatic carboxylic acids is 1. The highest BCUT2D eigenvalue weighted by molar-refractivity contribution is 7.17. The van der Waals surface area contributed by atoms with E-state index in [4.69, 9.17) is 47.7 Å². The fraction of sp³-hybridized carbons (Fsp3) is 0.165. The minimum absolute atomic E-state index is 0.0768. The molecule has 12 aromatic heterocycles. The Balaban J connectivity index is 0.000000131. The van der Waals surface area contributed by atoms with Gasteiger partial charge in [0.15, 0.2) is 62.4 Å². The van der Waals surface area contributed by atoms with Gasteiger partial charge in [0.05, 0.1) is 126 Å². The molecule has 12 heterocycles. The maximum atomic E-state index is 12.3. The number of fused-ring (bicyclic) bond motifs is 5. The van der Waals surface area contributed by atoms with E-state index in [2.05, 4.69) is 99.7 Å². The second-order valence-electron chi connectivity index (χ2n) is 31.2. The van der Waals surface area contributed by atoms with Crippen LogP contribution in [-0.4, -0.2) is 200 Å². The van der Waals surface area contributed by atoms with Gasteiger partial charge in [0, 0.05) is 9.75 Å². The summed E-state index contributed by atoms with van der Waals surface area (Å²) in [5.74, 6) is 2.22. The van der Waals surface area contributed by atoms with Crippen LogP contribution in [0.1, 0.15) is 72.0 Å². The molecule has 0 aliphatic carbocycles. The molecular weight excluding hydrogens is 1920 g/mol. The molecule has 41 nitrogen and oxygen atoms in total. The van der Waals surface area contributed by atoms with Crippen LogP contribution in [0.4, 0.5) is 0 Å². The predicted octanol–water partition coefficient (Wildman–Crippen LogP) is 15.8. The van der Waals surface area contributed by atoms with Gasteiger partial charge in [-0.05, 0) is 194 Å². The number of carbonyl (C=O) groups excluding carboxylic acids is 3. The highest BCUT2D eigenvalue weighted by atomic mass is 32.1. The quantitative estimate of drug-likeness (QED) is 0.0147. The molecule has 20 aromatic rings. The number of aromatic amines is 10. The van der Waals surface area contributed by atoms with Gasteiger partial charge in [0.2, 0.25) is 0 Å². The summed E-state index contributed by atoms with van der Waals surface area (Å²) in [4.78, 5) is 191. The average Bonchev–Trinajstić information content (AvgIpc) is 1.68. The second kappa shape index (κ2) is 46.0. The van der Waals surface area contributed by atoms with Crippen molar-refractivity contribution in [3.8, 4) is 146 Å². The van der Waals surface area contributed by atoms with Crippen LogP contribution in [0.25, 0.3) is 167 Å². The van der Waals surface area contributed by atoms with Crippen LogP contribution in [0.5, 0.6) is 34.5 Å². The molecule has 12 N–H and O–H groups in total. The van der Waals surface area contributed by atoms with Gasteiger partial charge in [0.1, 0.15) is 73.4 Å². The molecule has 0 fully saturated rings. The van der Waals surface area contributed by atoms with Gasteiger partial charge in [-0.1, -0.05) is 91.0 Å². The Bertz CT molecular complexity index is 8560. The molecule has 8 aromatic carbocycles. The average molecular weight is 2010 g/mol. The molecule has 0 unspecified atom stereocenters. The number of aromatic carboxylic acids is 1. The van der Waals surface area contributed by atoms with Gasteiger partial charge >= 0.3 is 29.8 Å². The molecule has 0 amide bonds. The van der Waals surface area contributed by atoms with Gasteiger partial charge in [-0.25, -0.2) is 64.2 Å². The van der Waals surface area contributed by atoms with Crippen molar-refractivity contribution in [3.05, 3.63) is 292 Å². The van der Waals surface area contributed by atoms with Crippen molar-refractivity contribution in [2.75, 3.05) is 60.5 Å². The maximum absolute atomic E-state index is 12.3. The summed E-state index contributed by atoms with van der Waals surface area (Å²) in [5, 5.41) is 18.3. The summed E-state index contributed by atoms with van der Waals surface area (Å²) >= 11 is 2.52. The van der Waals surface area contributed by atoms with Crippen molar-refractivity contribution in [2.45, 2.75) is 54.4 Å². The van der Waals surface area contributed by atoms with Gasteiger partial charge in [-0.3, -0.25) is 33.6 Å². The molecule has 146 heavy (non-hydrogen) atoms. The lowest BCUT2D eigenvalue weighted by Crippen LogP contribution is -2.14. The highest BCUT2D eigenvalue weighted by Crippen LogP contribution is 2.42. The number of methoxy groups -OCH3 is 2. The number of nitrogens with one attached hydrogen (secondary N) is 10. The molecule has 0 atom stereocenters. The van der Waals surface area contributed by atoms with Crippen LogP contribution < -0.4 is 56.2 Å². The Hall–Kier alpha value is -18.9. The van der Waals surface area contributed by atoms with Crippen molar-refractivity contribution in [1.82, 2.24) is 99.7 Å². The van der Waals surface area contributed by atoms with Crippen molar-refractivity contribution in [1.29, 1.82) is 0 Å². The number of nitrogens with zero attached hydrogens (tertiary/aromatic N) is 10. The molecule has 43 heteroatoms. The zero-order chi connectivity index (χ0) is 103. The number of imidazole rings is 5. The number of carboxylic acid groups (broad SMARTS) is 2. The molecule has 0 saturated carbocycles. The standard InChI is InChI=1S/C23H22N4O5.C22H20N4O4.C21H18N4O4.C19H16N4O4S.C18H14N4O4S/c1-3-30-18-11-15(14-6-5-7-16(10-14)32-12-19(28)31-4-2)8-9-17(18)21-26-22-20(23(29)27-21)24-13-25-22;1-3-30-17-10-14(15-7-5-4-6-13(15)11-18(27)29-2)8-9-16(17)20-25-21-19(22(28)26-20)23-12-24-21;1-2-29-16-9-13(14-6-4-3-5-12(14)10-17(26)27)7-8-15(16)19-24-20-18(21(28)25-19)22-11-23-20;1-3-27-12-8-10(13-6-7-14(28-13)19(25)26-2)4-5-11(12)16-22-17-15(18(24)23-16)20-9-21-17;1-2-26-11-7-9(12-5-6-13(27-12)18(24)25)3-4-10(11)15-21-16-14(17(23)22-15)19-8-20-16/h5-11,13H,3-4,12H2,1-2H3,(H2,24,25,26,27,29);4-10,12H,3,11H2,1-2H3,(H2,23,24,25,26,28);3-9,11H,2,10H2,1H3,(H,26,27)(H2,22,23,24,25,28);4-9H,3H2,1-2H3,(H2,20,21,22,23,24);3-8H,2H2,1H3,(H,24,25)(H2,19,20,21,22,23). The first-order valence-corrected chi connectivity index (χ1v) is 46.9. The number of ether oxygens (including phenoxy) is 9. The summed E-state index contributed by atoms with van der Waals surface area (Å²) in [6.45, 7) is 13.4. The van der Waals surface area contributed by atoms with Gasteiger partial charge in [0.25, 0.3) is 27.8 Å². The topological polar surface area (TPSA) is 581 Å². The number of carbonyl (C=O) groups is 5. The number of hydrogen-bond acceptors (Lipinski definition) is 31. The third-order valence-electron chi connectivity index (χ3n) is 21.9. The third-order valence-corrected chi connectivity index (χ3v) is 24.2. The minimum atomic E-state index is -0.956. The summed E-state index contributed by atoms with van der Waals surface area (Å²) < 4.78 is 49.0. The van der Waals surface area contributed by atoms with Gasteiger partial charge in [-0.15, -0.1) is 22.7 Å². The number of benzene rings is 8. The lowest BCUT2D eigenvalue weighted by Gasteiger charge is -2.14. The number of H-pyrrole nitrogens is 10. The first kappa shape index (κ1) is 100. The normalized spacial score (nSPS) is 10.9. The molecule has 0 aliphatic rings. The molecule has 0 spiro atoms. The first-order chi connectivity index (χ1) is 70.9. The third kappa shape index (κ3) is 23.0. The highest BCUT2D eigenvalue weighted by Gasteiger charge is 2.25.